The van der Waals surface area contributed by atoms with E-state index in [9.17, 15) is 9.59 Å². The highest BCUT2D eigenvalue weighted by molar-refractivity contribution is 7.08. The van der Waals surface area contributed by atoms with Gasteiger partial charge in [0.15, 0.2) is 0 Å². The Kier molecular flexibility index (Phi) is 4.06. The van der Waals surface area contributed by atoms with Gasteiger partial charge in [-0.25, -0.2) is 4.79 Å². The molecule has 1 amide bonds. The summed E-state index contributed by atoms with van der Waals surface area (Å²) in [5.41, 5.74) is 1.42. The predicted octanol–water partition coefficient (Wildman–Crippen LogP) is 1.90. The molecule has 0 unspecified atom stereocenters. The first kappa shape index (κ1) is 12.7. The highest BCUT2D eigenvalue weighted by Crippen LogP contribution is 2.14. The van der Waals surface area contributed by atoms with Crippen molar-refractivity contribution < 1.29 is 14.7 Å². The first-order chi connectivity index (χ1) is 7.43. The summed E-state index contributed by atoms with van der Waals surface area (Å²) in [5, 5.41) is 15.1. The number of carbonyl (C=O) groups is 2. The lowest BCUT2D eigenvalue weighted by Crippen LogP contribution is -2.44. The molecule has 1 rings (SSSR count). The van der Waals surface area contributed by atoms with Gasteiger partial charge in [0, 0.05) is 5.38 Å². The summed E-state index contributed by atoms with van der Waals surface area (Å²) in [6.07, 6.45) is 0. The second-order valence-electron chi connectivity index (χ2n) is 4.00. The summed E-state index contributed by atoms with van der Waals surface area (Å²) < 4.78 is 0. The van der Waals surface area contributed by atoms with E-state index in [-0.39, 0.29) is 11.8 Å². The molecule has 0 fully saturated rings. The fourth-order valence-electron chi connectivity index (χ4n) is 1.33. The molecular weight excluding hydrogens is 226 g/mol. The van der Waals surface area contributed by atoms with E-state index in [2.05, 4.69) is 5.32 Å². The summed E-state index contributed by atoms with van der Waals surface area (Å²) in [6.45, 7) is 5.36. The van der Waals surface area contributed by atoms with Crippen LogP contribution in [0.1, 0.15) is 29.8 Å². The van der Waals surface area contributed by atoms with E-state index in [4.69, 9.17) is 5.11 Å². The highest BCUT2D eigenvalue weighted by atomic mass is 32.1. The number of carboxylic acid groups (broad SMARTS) is 1. The Hall–Kier alpha value is -1.36. The van der Waals surface area contributed by atoms with Gasteiger partial charge in [-0.1, -0.05) is 13.8 Å². The normalized spacial score (nSPS) is 12.5. The Morgan fingerprint density at radius 1 is 1.38 bits per heavy atom. The Balaban J connectivity index is 2.77. The van der Waals surface area contributed by atoms with Gasteiger partial charge in [-0.3, -0.25) is 4.79 Å². The van der Waals surface area contributed by atoms with E-state index >= 15 is 0 Å². The largest absolute Gasteiger partial charge is 0.480 e. The van der Waals surface area contributed by atoms with Crippen molar-refractivity contribution in [3.63, 3.8) is 0 Å². The maximum atomic E-state index is 11.8. The van der Waals surface area contributed by atoms with Crippen LogP contribution in [-0.4, -0.2) is 23.0 Å². The van der Waals surface area contributed by atoms with Crippen LogP contribution >= 0.6 is 11.3 Å². The van der Waals surface area contributed by atoms with Crippen LogP contribution in [0.15, 0.2) is 10.8 Å². The van der Waals surface area contributed by atoms with E-state index in [0.29, 0.717) is 5.56 Å². The van der Waals surface area contributed by atoms with Crippen LogP contribution in [-0.2, 0) is 4.79 Å². The van der Waals surface area contributed by atoms with Gasteiger partial charge in [0.1, 0.15) is 6.04 Å². The van der Waals surface area contributed by atoms with Gasteiger partial charge in [0.2, 0.25) is 0 Å². The third-order valence-corrected chi connectivity index (χ3v) is 3.18. The number of carboxylic acids is 1. The smallest absolute Gasteiger partial charge is 0.326 e. The quantitative estimate of drug-likeness (QED) is 0.846. The molecule has 1 aromatic rings. The molecule has 0 aromatic carbocycles. The number of nitrogens with one attached hydrogen (secondary N) is 1. The molecule has 5 heteroatoms. The minimum Gasteiger partial charge on any atom is -0.480 e. The lowest BCUT2D eigenvalue weighted by Gasteiger charge is -2.17. The number of aliphatic carboxylic acids is 1. The monoisotopic (exact) mass is 241 g/mol. The minimum absolute atomic E-state index is 0.139. The summed E-state index contributed by atoms with van der Waals surface area (Å²) in [4.78, 5) is 22.7. The zero-order chi connectivity index (χ0) is 12.3. The van der Waals surface area contributed by atoms with Crippen LogP contribution in [0.25, 0.3) is 0 Å². The molecule has 0 aliphatic carbocycles. The molecule has 0 radical (unpaired) electrons. The van der Waals surface area contributed by atoms with Gasteiger partial charge < -0.3 is 10.4 Å². The van der Waals surface area contributed by atoms with E-state index in [0.717, 1.165) is 5.56 Å². The molecule has 0 saturated heterocycles. The van der Waals surface area contributed by atoms with Crippen molar-refractivity contribution in [2.75, 3.05) is 0 Å². The minimum atomic E-state index is -1.00. The lowest BCUT2D eigenvalue weighted by atomic mass is 10.0. The van der Waals surface area contributed by atoms with Gasteiger partial charge >= 0.3 is 5.97 Å². The number of thiophene rings is 1. The number of hydrogen-bond acceptors (Lipinski definition) is 3. The molecular formula is C11H15NO3S. The third kappa shape index (κ3) is 2.82. The molecule has 0 saturated carbocycles. The van der Waals surface area contributed by atoms with Crippen molar-refractivity contribution in [1.82, 2.24) is 5.32 Å². The molecule has 0 aliphatic rings. The molecule has 1 aromatic heterocycles. The van der Waals surface area contributed by atoms with Gasteiger partial charge in [-0.2, -0.15) is 11.3 Å². The zero-order valence-electron chi connectivity index (χ0n) is 9.48. The summed E-state index contributed by atoms with van der Waals surface area (Å²) >= 11 is 1.43. The number of amides is 1. The summed E-state index contributed by atoms with van der Waals surface area (Å²) in [6, 6.07) is -0.841. The topological polar surface area (TPSA) is 66.4 Å². The molecule has 0 spiro atoms. The lowest BCUT2D eigenvalue weighted by molar-refractivity contribution is -0.140. The van der Waals surface area contributed by atoms with Crippen LogP contribution in [0.2, 0.25) is 0 Å². The van der Waals surface area contributed by atoms with E-state index in [1.807, 2.05) is 12.3 Å². The summed E-state index contributed by atoms with van der Waals surface area (Å²) in [7, 11) is 0. The van der Waals surface area contributed by atoms with Crippen molar-refractivity contribution in [2.24, 2.45) is 5.92 Å². The van der Waals surface area contributed by atoms with Crippen molar-refractivity contribution >= 4 is 23.2 Å². The average molecular weight is 241 g/mol. The van der Waals surface area contributed by atoms with Crippen LogP contribution in [0.5, 0.6) is 0 Å². The molecule has 88 valence electrons. The van der Waals surface area contributed by atoms with Gasteiger partial charge in [0.25, 0.3) is 5.91 Å². The third-order valence-electron chi connectivity index (χ3n) is 2.32. The Morgan fingerprint density at radius 3 is 2.38 bits per heavy atom. The number of aryl methyl sites for hydroxylation is 1. The van der Waals surface area contributed by atoms with E-state index < -0.39 is 12.0 Å². The number of carbonyl (C=O) groups excluding carboxylic acids is 1. The van der Waals surface area contributed by atoms with Gasteiger partial charge in [-0.15, -0.1) is 0 Å². The fraction of sp³-hybridized carbons (Fsp3) is 0.455. The van der Waals surface area contributed by atoms with E-state index in [1.54, 1.807) is 19.2 Å². The summed E-state index contributed by atoms with van der Waals surface area (Å²) in [5.74, 6) is -1.46. The molecule has 4 nitrogen and oxygen atoms in total. The van der Waals surface area contributed by atoms with Crippen molar-refractivity contribution in [2.45, 2.75) is 26.8 Å². The molecule has 2 N–H and O–H groups in total. The molecule has 16 heavy (non-hydrogen) atoms. The van der Waals surface area contributed by atoms with Crippen molar-refractivity contribution in [3.05, 3.63) is 21.9 Å². The van der Waals surface area contributed by atoms with E-state index in [1.165, 1.54) is 11.3 Å². The SMILES string of the molecule is Cc1cscc1C(=O)N[C@@H](C(=O)O)C(C)C. The number of hydrogen-bond donors (Lipinski definition) is 2. The predicted molar refractivity (Wildman–Crippen MR) is 62.8 cm³/mol. The molecule has 1 heterocycles. The molecule has 0 bridgehead atoms. The Morgan fingerprint density at radius 2 is 2.00 bits per heavy atom. The van der Waals surface area contributed by atoms with Crippen LogP contribution in [0.3, 0.4) is 0 Å². The van der Waals surface area contributed by atoms with Gasteiger partial charge in [-0.05, 0) is 23.8 Å². The zero-order valence-corrected chi connectivity index (χ0v) is 10.3. The van der Waals surface area contributed by atoms with Crippen molar-refractivity contribution in [1.29, 1.82) is 0 Å². The maximum absolute atomic E-state index is 11.8. The second kappa shape index (κ2) is 5.12. The fourth-order valence-corrected chi connectivity index (χ4v) is 2.15. The molecule has 0 aliphatic heterocycles. The van der Waals surface area contributed by atoms with Gasteiger partial charge in [0.05, 0.1) is 5.56 Å². The van der Waals surface area contributed by atoms with Crippen molar-refractivity contribution in [3.8, 4) is 0 Å². The Bertz CT molecular complexity index is 398. The van der Waals surface area contributed by atoms with Crippen LogP contribution in [0, 0.1) is 12.8 Å². The van der Waals surface area contributed by atoms with Crippen LogP contribution in [0.4, 0.5) is 0 Å². The Labute approximate surface area is 98.3 Å². The molecule has 1 atom stereocenters. The number of rotatable bonds is 4. The first-order valence-corrected chi connectivity index (χ1v) is 5.94. The van der Waals surface area contributed by atoms with Crippen LogP contribution < -0.4 is 5.32 Å². The highest BCUT2D eigenvalue weighted by Gasteiger charge is 2.24. The standard InChI is InChI=1S/C11H15NO3S/c1-6(2)9(11(14)15)12-10(13)8-5-16-4-7(8)3/h4-6,9H,1-3H3,(H,12,13)(H,14,15)/t9-/m1/s1. The second-order valence-corrected chi connectivity index (χ2v) is 4.75. The first-order valence-electron chi connectivity index (χ1n) is 5.00. The average Bonchev–Trinajstić information content (AvgIpc) is 2.59. The maximum Gasteiger partial charge on any atom is 0.326 e.